The predicted molar refractivity (Wildman–Crippen MR) is 105 cm³/mol. The zero-order valence-corrected chi connectivity index (χ0v) is 15.7. The van der Waals surface area contributed by atoms with Crippen molar-refractivity contribution in [2.45, 2.75) is 19.4 Å². The molecule has 2 aromatic rings. The van der Waals surface area contributed by atoms with Gasteiger partial charge in [-0.3, -0.25) is 9.69 Å². The molecule has 0 spiro atoms. The van der Waals surface area contributed by atoms with Gasteiger partial charge in [0.2, 0.25) is 0 Å². The van der Waals surface area contributed by atoms with E-state index in [2.05, 4.69) is 0 Å². The summed E-state index contributed by atoms with van der Waals surface area (Å²) in [6.07, 6.45) is 1.88. The molecule has 132 valence electrons. The van der Waals surface area contributed by atoms with Crippen LogP contribution in [0.15, 0.2) is 59.5 Å². The van der Waals surface area contributed by atoms with Crippen LogP contribution >= 0.6 is 24.0 Å². The number of carbonyl (C=O) groups excluding carboxylic acids is 2. The van der Waals surface area contributed by atoms with Gasteiger partial charge in [-0.05, 0) is 30.5 Å². The van der Waals surface area contributed by atoms with E-state index >= 15 is 0 Å². The second-order valence-electron chi connectivity index (χ2n) is 5.99. The summed E-state index contributed by atoms with van der Waals surface area (Å²) in [4.78, 5) is 26.0. The summed E-state index contributed by atoms with van der Waals surface area (Å²) < 4.78 is 0.235. The maximum Gasteiger partial charge on any atom is 0.266 e. The Morgan fingerprint density at radius 2 is 1.85 bits per heavy atom. The first-order valence-electron chi connectivity index (χ1n) is 8.04. The molecule has 1 atom stereocenters. The monoisotopic (exact) mass is 382 g/mol. The molecule has 4 nitrogen and oxygen atoms in total. The van der Waals surface area contributed by atoms with E-state index in [1.54, 1.807) is 6.08 Å². The molecule has 1 saturated heterocycles. The molecule has 0 aliphatic carbocycles. The number of hydrogen-bond donors (Lipinski definition) is 0. The van der Waals surface area contributed by atoms with Crippen LogP contribution in [-0.4, -0.2) is 27.1 Å². The molecule has 0 radical (unpaired) electrons. The van der Waals surface area contributed by atoms with Crippen molar-refractivity contribution >= 4 is 46.3 Å². The third kappa shape index (κ3) is 4.03. The number of hydrogen-bond acceptors (Lipinski definition) is 5. The molecular weight excluding hydrogens is 366 g/mol. The average molecular weight is 382 g/mol. The second-order valence-corrected chi connectivity index (χ2v) is 7.66. The summed E-state index contributed by atoms with van der Waals surface area (Å²) in [6, 6.07) is 15.7. The number of aryl methyl sites for hydroxylation is 1. The molecule has 0 N–H and O–H groups in total. The first-order valence-corrected chi connectivity index (χ1v) is 9.26. The van der Waals surface area contributed by atoms with Gasteiger partial charge in [0, 0.05) is 0 Å². The Balaban J connectivity index is 1.86. The van der Waals surface area contributed by atoms with Crippen LogP contribution in [0.2, 0.25) is 0 Å². The maximum absolute atomic E-state index is 12.8. The number of thioether (sulfide) groups is 1. The number of carbonyl (C=O) groups is 2. The standard InChI is InChI=1S/C20H17NO3S2/c1-13-7-9-15(10-8-13)12-17-18(22)21(20(25)26-17)16(19(23)24)11-14-5-3-2-4-6-14/h2-10,12,16H,11H2,1H3,(H,23,24)/p-1/b17-12+/t16-/m1/s1. The fourth-order valence-corrected chi connectivity index (χ4v) is 4.04. The fraction of sp³-hybridized carbons (Fsp3) is 0.150. The van der Waals surface area contributed by atoms with Crippen LogP contribution in [0.1, 0.15) is 16.7 Å². The van der Waals surface area contributed by atoms with Crippen molar-refractivity contribution < 1.29 is 14.7 Å². The highest BCUT2D eigenvalue weighted by Crippen LogP contribution is 2.34. The van der Waals surface area contributed by atoms with Gasteiger partial charge < -0.3 is 9.90 Å². The highest BCUT2D eigenvalue weighted by Gasteiger charge is 2.37. The highest BCUT2D eigenvalue weighted by molar-refractivity contribution is 8.26. The lowest BCUT2D eigenvalue weighted by Gasteiger charge is -2.27. The number of carboxylic acid groups (broad SMARTS) is 1. The molecule has 1 aliphatic rings. The summed E-state index contributed by atoms with van der Waals surface area (Å²) in [5.41, 5.74) is 2.79. The van der Waals surface area contributed by atoms with Gasteiger partial charge >= 0.3 is 0 Å². The largest absolute Gasteiger partial charge is 0.548 e. The number of thiocarbonyl (C=S) groups is 1. The van der Waals surface area contributed by atoms with Gasteiger partial charge in [-0.1, -0.05) is 84.1 Å². The SMILES string of the molecule is Cc1ccc(/C=C2/SC(=S)N([C@H](Cc3ccccc3)C(=O)[O-])C2=O)cc1. The van der Waals surface area contributed by atoms with Crippen molar-refractivity contribution in [3.8, 4) is 0 Å². The third-order valence-electron chi connectivity index (χ3n) is 4.05. The van der Waals surface area contributed by atoms with Crippen LogP contribution in [0.4, 0.5) is 0 Å². The molecule has 1 fully saturated rings. The number of rotatable bonds is 5. The molecule has 1 aliphatic heterocycles. The van der Waals surface area contributed by atoms with Gasteiger partial charge in [0.05, 0.1) is 16.9 Å². The molecule has 3 rings (SSSR count). The van der Waals surface area contributed by atoms with Crippen molar-refractivity contribution in [2.75, 3.05) is 0 Å². The zero-order valence-electron chi connectivity index (χ0n) is 14.0. The van der Waals surface area contributed by atoms with Crippen LogP contribution in [-0.2, 0) is 16.0 Å². The summed E-state index contributed by atoms with van der Waals surface area (Å²) in [6.45, 7) is 1.98. The Hall–Kier alpha value is -2.44. The first-order chi connectivity index (χ1) is 12.5. The van der Waals surface area contributed by atoms with Gasteiger partial charge in [-0.15, -0.1) is 0 Å². The summed E-state index contributed by atoms with van der Waals surface area (Å²) >= 11 is 6.39. The van der Waals surface area contributed by atoms with Crippen LogP contribution in [0.5, 0.6) is 0 Å². The van der Waals surface area contributed by atoms with E-state index in [1.807, 2.05) is 61.5 Å². The van der Waals surface area contributed by atoms with E-state index in [0.717, 1.165) is 33.4 Å². The third-order valence-corrected chi connectivity index (χ3v) is 5.38. The molecule has 0 bridgehead atoms. The predicted octanol–water partition coefficient (Wildman–Crippen LogP) is 2.56. The number of aliphatic carboxylic acids is 1. The minimum absolute atomic E-state index is 0.146. The lowest BCUT2D eigenvalue weighted by Crippen LogP contribution is -2.51. The van der Waals surface area contributed by atoms with E-state index in [-0.39, 0.29) is 10.7 Å². The molecule has 0 aromatic heterocycles. The van der Waals surface area contributed by atoms with Crippen LogP contribution in [0.25, 0.3) is 6.08 Å². The van der Waals surface area contributed by atoms with Crippen LogP contribution in [0.3, 0.4) is 0 Å². The molecule has 0 saturated carbocycles. The number of amides is 1. The molecule has 2 aromatic carbocycles. The lowest BCUT2D eigenvalue weighted by atomic mass is 10.0. The van der Waals surface area contributed by atoms with Gasteiger partial charge in [0.15, 0.2) is 0 Å². The molecular formula is C20H16NO3S2-. The minimum atomic E-state index is -1.32. The Morgan fingerprint density at radius 3 is 2.46 bits per heavy atom. The van der Waals surface area contributed by atoms with Crippen molar-refractivity contribution in [1.82, 2.24) is 4.90 Å². The van der Waals surface area contributed by atoms with E-state index in [4.69, 9.17) is 12.2 Å². The Bertz CT molecular complexity index is 876. The number of carboxylic acids is 1. The Labute approximate surface area is 161 Å². The van der Waals surface area contributed by atoms with E-state index in [1.165, 1.54) is 0 Å². The average Bonchev–Trinajstić information content (AvgIpc) is 2.89. The van der Waals surface area contributed by atoms with Crippen molar-refractivity contribution in [3.05, 3.63) is 76.2 Å². The lowest BCUT2D eigenvalue weighted by molar-refractivity contribution is -0.310. The van der Waals surface area contributed by atoms with Crippen molar-refractivity contribution in [3.63, 3.8) is 0 Å². The molecule has 6 heteroatoms. The van der Waals surface area contributed by atoms with Crippen LogP contribution < -0.4 is 5.11 Å². The normalized spacial score (nSPS) is 17.0. The Kier molecular flexibility index (Phi) is 5.54. The van der Waals surface area contributed by atoms with E-state index in [9.17, 15) is 14.7 Å². The molecule has 1 heterocycles. The van der Waals surface area contributed by atoms with Crippen molar-refractivity contribution in [2.24, 2.45) is 0 Å². The number of benzene rings is 2. The molecule has 26 heavy (non-hydrogen) atoms. The zero-order chi connectivity index (χ0) is 18.7. The smallest absolute Gasteiger partial charge is 0.266 e. The molecule has 0 unspecified atom stereocenters. The summed E-state index contributed by atoms with van der Waals surface area (Å²) in [7, 11) is 0. The van der Waals surface area contributed by atoms with Gasteiger partial charge in [0.1, 0.15) is 4.32 Å². The summed E-state index contributed by atoms with van der Waals surface area (Å²) in [5.74, 6) is -1.72. The summed E-state index contributed by atoms with van der Waals surface area (Å²) in [5, 5.41) is 11.7. The Morgan fingerprint density at radius 1 is 1.19 bits per heavy atom. The topological polar surface area (TPSA) is 60.4 Å². The first kappa shape index (κ1) is 18.4. The van der Waals surface area contributed by atoms with Crippen molar-refractivity contribution in [1.29, 1.82) is 0 Å². The van der Waals surface area contributed by atoms with Gasteiger partial charge in [-0.25, -0.2) is 0 Å². The fourth-order valence-electron chi connectivity index (χ4n) is 2.68. The second kappa shape index (κ2) is 7.85. The minimum Gasteiger partial charge on any atom is -0.548 e. The highest BCUT2D eigenvalue weighted by atomic mass is 32.2. The van der Waals surface area contributed by atoms with Gasteiger partial charge in [0.25, 0.3) is 5.91 Å². The maximum atomic E-state index is 12.8. The quantitative estimate of drug-likeness (QED) is 0.588. The van der Waals surface area contributed by atoms with E-state index < -0.39 is 17.9 Å². The van der Waals surface area contributed by atoms with E-state index in [0.29, 0.717) is 4.91 Å². The molecule has 1 amide bonds. The van der Waals surface area contributed by atoms with Crippen LogP contribution in [0, 0.1) is 6.92 Å². The van der Waals surface area contributed by atoms with Gasteiger partial charge in [-0.2, -0.15) is 0 Å². The number of nitrogens with zero attached hydrogens (tertiary/aromatic N) is 1.